The second-order valence-corrected chi connectivity index (χ2v) is 4.90. The Bertz CT molecular complexity index is 558. The summed E-state index contributed by atoms with van der Waals surface area (Å²) < 4.78 is 39.5. The van der Waals surface area contributed by atoms with E-state index >= 15 is 0 Å². The quantitative estimate of drug-likeness (QED) is 0.832. The molecule has 6 heteroatoms. The minimum Gasteiger partial charge on any atom is -0.335 e. The molecule has 0 bridgehead atoms. The first-order valence-corrected chi connectivity index (χ1v) is 6.87. The van der Waals surface area contributed by atoms with Gasteiger partial charge in [0.25, 0.3) is 0 Å². The van der Waals surface area contributed by atoms with Gasteiger partial charge in [-0.25, -0.2) is 4.98 Å². The van der Waals surface area contributed by atoms with Gasteiger partial charge in [-0.05, 0) is 37.1 Å². The third-order valence-corrected chi connectivity index (χ3v) is 3.30. The molecule has 1 aromatic carbocycles. The Morgan fingerprint density at radius 1 is 1.10 bits per heavy atom. The molecule has 0 spiro atoms. The zero-order valence-electron chi connectivity index (χ0n) is 11.6. The largest absolute Gasteiger partial charge is 0.416 e. The lowest BCUT2D eigenvalue weighted by atomic mass is 10.1. The van der Waals surface area contributed by atoms with Crippen molar-refractivity contribution in [2.45, 2.75) is 32.0 Å². The van der Waals surface area contributed by atoms with Crippen LogP contribution in [0.15, 0.2) is 36.7 Å². The fraction of sp³-hybridized carbons (Fsp3) is 0.400. The number of benzene rings is 1. The topological polar surface area (TPSA) is 43.8 Å². The molecule has 2 N–H and O–H groups in total. The van der Waals surface area contributed by atoms with Crippen LogP contribution in [0.1, 0.15) is 29.8 Å². The van der Waals surface area contributed by atoms with Crippen molar-refractivity contribution in [1.29, 1.82) is 0 Å². The number of aryl methyl sites for hydroxylation is 1. The molecular weight excluding hydrogens is 279 g/mol. The summed E-state index contributed by atoms with van der Waals surface area (Å²) in [6.07, 6.45) is 1.73. The van der Waals surface area contributed by atoms with Gasteiger partial charge in [-0.1, -0.05) is 12.1 Å². The number of imidazole rings is 1. The number of hydrogen-bond donors (Lipinski definition) is 1. The molecule has 0 radical (unpaired) electrons. The van der Waals surface area contributed by atoms with Gasteiger partial charge in [0.05, 0.1) is 5.56 Å². The standard InChI is InChI=1S/C15H18F3N3/c16-15(17,18)13-5-3-12(4-6-13)11-14-20-8-10-21(14)9-2-1-7-19/h3-6,8,10H,1-2,7,9,11,19H2. The van der Waals surface area contributed by atoms with Crippen LogP contribution in [0.2, 0.25) is 0 Å². The summed E-state index contributed by atoms with van der Waals surface area (Å²) >= 11 is 0. The fourth-order valence-corrected chi connectivity index (χ4v) is 2.13. The first-order chi connectivity index (χ1) is 10.0. The molecule has 2 aromatic rings. The minimum atomic E-state index is -4.29. The molecule has 0 amide bonds. The molecule has 0 saturated heterocycles. The van der Waals surface area contributed by atoms with Crippen LogP contribution in [0, 0.1) is 0 Å². The summed E-state index contributed by atoms with van der Waals surface area (Å²) in [6.45, 7) is 1.48. The Kier molecular flexibility index (Phi) is 5.01. The van der Waals surface area contributed by atoms with Crippen molar-refractivity contribution in [2.75, 3.05) is 6.54 Å². The van der Waals surface area contributed by atoms with Crippen molar-refractivity contribution < 1.29 is 13.2 Å². The van der Waals surface area contributed by atoms with E-state index in [0.29, 0.717) is 13.0 Å². The third-order valence-electron chi connectivity index (χ3n) is 3.30. The van der Waals surface area contributed by atoms with E-state index in [1.165, 1.54) is 12.1 Å². The molecule has 114 valence electrons. The van der Waals surface area contributed by atoms with Crippen molar-refractivity contribution in [1.82, 2.24) is 9.55 Å². The average molecular weight is 297 g/mol. The maximum absolute atomic E-state index is 12.5. The lowest BCUT2D eigenvalue weighted by Crippen LogP contribution is -2.07. The molecule has 0 fully saturated rings. The highest BCUT2D eigenvalue weighted by molar-refractivity contribution is 5.26. The maximum atomic E-state index is 12.5. The van der Waals surface area contributed by atoms with Crippen molar-refractivity contribution in [2.24, 2.45) is 5.73 Å². The van der Waals surface area contributed by atoms with Crippen LogP contribution in [0.25, 0.3) is 0 Å². The molecule has 21 heavy (non-hydrogen) atoms. The van der Waals surface area contributed by atoms with E-state index in [1.807, 2.05) is 10.8 Å². The summed E-state index contributed by atoms with van der Waals surface area (Å²) in [5.74, 6) is 0.854. The number of alkyl halides is 3. The SMILES string of the molecule is NCCCCn1ccnc1Cc1ccc(C(F)(F)F)cc1. The minimum absolute atomic E-state index is 0.522. The normalized spacial score (nSPS) is 11.8. The molecule has 0 saturated carbocycles. The van der Waals surface area contributed by atoms with Crippen LogP contribution in [0.4, 0.5) is 13.2 Å². The van der Waals surface area contributed by atoms with Crippen molar-refractivity contribution in [3.8, 4) is 0 Å². The summed E-state index contributed by atoms with van der Waals surface area (Å²) in [7, 11) is 0. The van der Waals surface area contributed by atoms with Gasteiger partial charge >= 0.3 is 6.18 Å². The molecule has 0 aliphatic carbocycles. The van der Waals surface area contributed by atoms with Crippen molar-refractivity contribution in [3.05, 3.63) is 53.6 Å². The Morgan fingerprint density at radius 3 is 2.43 bits per heavy atom. The van der Waals surface area contributed by atoms with E-state index in [-0.39, 0.29) is 0 Å². The molecule has 0 aliphatic heterocycles. The predicted molar refractivity (Wildman–Crippen MR) is 74.8 cm³/mol. The molecule has 2 rings (SSSR count). The number of aromatic nitrogens is 2. The number of nitrogens with two attached hydrogens (primary N) is 1. The summed E-state index contributed by atoms with van der Waals surface area (Å²) in [4.78, 5) is 4.27. The lowest BCUT2D eigenvalue weighted by Gasteiger charge is -2.09. The lowest BCUT2D eigenvalue weighted by molar-refractivity contribution is -0.137. The van der Waals surface area contributed by atoms with Crippen molar-refractivity contribution in [3.63, 3.8) is 0 Å². The number of rotatable bonds is 6. The van der Waals surface area contributed by atoms with Gasteiger partial charge in [-0.2, -0.15) is 13.2 Å². The number of hydrogen-bond acceptors (Lipinski definition) is 2. The summed E-state index contributed by atoms with van der Waals surface area (Å²) in [5.41, 5.74) is 5.65. The van der Waals surface area contributed by atoms with Gasteiger partial charge in [0.15, 0.2) is 0 Å². The van der Waals surface area contributed by atoms with Crippen LogP contribution in [0.5, 0.6) is 0 Å². The van der Waals surface area contributed by atoms with E-state index in [0.717, 1.165) is 42.9 Å². The van der Waals surface area contributed by atoms with Gasteiger partial charge in [0, 0.05) is 25.4 Å². The van der Waals surface area contributed by atoms with E-state index in [9.17, 15) is 13.2 Å². The van der Waals surface area contributed by atoms with Gasteiger partial charge in [-0.3, -0.25) is 0 Å². The van der Waals surface area contributed by atoms with Gasteiger partial charge < -0.3 is 10.3 Å². The molecule has 0 atom stereocenters. The summed E-state index contributed by atoms with van der Waals surface area (Å²) in [5, 5.41) is 0. The molecule has 1 aromatic heterocycles. The van der Waals surface area contributed by atoms with Crippen molar-refractivity contribution >= 4 is 0 Å². The molecule has 3 nitrogen and oxygen atoms in total. The van der Waals surface area contributed by atoms with E-state index < -0.39 is 11.7 Å². The van der Waals surface area contributed by atoms with Crippen LogP contribution in [-0.2, 0) is 19.1 Å². The zero-order valence-corrected chi connectivity index (χ0v) is 11.6. The van der Waals surface area contributed by atoms with Gasteiger partial charge in [0.1, 0.15) is 5.82 Å². The fourth-order valence-electron chi connectivity index (χ4n) is 2.13. The monoisotopic (exact) mass is 297 g/mol. The first-order valence-electron chi connectivity index (χ1n) is 6.87. The number of unbranched alkanes of at least 4 members (excludes halogenated alkanes) is 1. The highest BCUT2D eigenvalue weighted by Crippen LogP contribution is 2.29. The zero-order chi connectivity index (χ0) is 15.3. The highest BCUT2D eigenvalue weighted by atomic mass is 19.4. The van der Waals surface area contributed by atoms with Gasteiger partial charge in [0.2, 0.25) is 0 Å². The second kappa shape index (κ2) is 6.76. The van der Waals surface area contributed by atoms with Crippen LogP contribution < -0.4 is 5.73 Å². The molecule has 1 heterocycles. The predicted octanol–water partition coefficient (Wildman–Crippen LogP) is 3.23. The number of nitrogens with zero attached hydrogens (tertiary/aromatic N) is 2. The van der Waals surface area contributed by atoms with Gasteiger partial charge in [-0.15, -0.1) is 0 Å². The second-order valence-electron chi connectivity index (χ2n) is 4.90. The van der Waals surface area contributed by atoms with Crippen LogP contribution in [-0.4, -0.2) is 16.1 Å². The maximum Gasteiger partial charge on any atom is 0.416 e. The smallest absolute Gasteiger partial charge is 0.335 e. The Morgan fingerprint density at radius 2 is 1.81 bits per heavy atom. The highest BCUT2D eigenvalue weighted by Gasteiger charge is 2.29. The Balaban J connectivity index is 2.03. The number of halogens is 3. The molecule has 0 unspecified atom stereocenters. The third kappa shape index (κ3) is 4.32. The average Bonchev–Trinajstić information content (AvgIpc) is 2.86. The summed E-state index contributed by atoms with van der Waals surface area (Å²) in [6, 6.07) is 5.22. The van der Waals surface area contributed by atoms with E-state index in [1.54, 1.807) is 6.20 Å². The molecule has 0 aliphatic rings. The molecular formula is C15H18F3N3. The Labute approximate surface area is 121 Å². The van der Waals surface area contributed by atoms with Crippen LogP contribution in [0.3, 0.4) is 0 Å². The Hall–Kier alpha value is -1.82. The van der Waals surface area contributed by atoms with E-state index in [2.05, 4.69) is 4.98 Å². The van der Waals surface area contributed by atoms with Crippen LogP contribution >= 0.6 is 0 Å². The van der Waals surface area contributed by atoms with E-state index in [4.69, 9.17) is 5.73 Å². The first kappa shape index (κ1) is 15.6.